The van der Waals surface area contributed by atoms with Crippen molar-refractivity contribution in [2.24, 2.45) is 11.8 Å². The highest BCUT2D eigenvalue weighted by molar-refractivity contribution is 5.99. The van der Waals surface area contributed by atoms with Crippen molar-refractivity contribution in [1.82, 2.24) is 4.90 Å². The number of ether oxygens (including phenoxy) is 1. The van der Waals surface area contributed by atoms with E-state index in [2.05, 4.69) is 17.4 Å². The van der Waals surface area contributed by atoms with Crippen molar-refractivity contribution in [3.63, 3.8) is 0 Å². The number of anilines is 1. The van der Waals surface area contributed by atoms with Crippen molar-refractivity contribution >= 4 is 17.5 Å². The Hall–Kier alpha value is -2.82. The summed E-state index contributed by atoms with van der Waals surface area (Å²) in [6, 6.07) is 15.5. The number of hydrogen-bond acceptors (Lipinski definition) is 3. The molecule has 2 unspecified atom stereocenters. The zero-order chi connectivity index (χ0) is 18.1. The molecule has 0 saturated heterocycles. The Morgan fingerprint density at radius 1 is 1.04 bits per heavy atom. The third kappa shape index (κ3) is 3.29. The molecule has 0 bridgehead atoms. The lowest BCUT2D eigenvalue weighted by Gasteiger charge is -2.29. The zero-order valence-electron chi connectivity index (χ0n) is 14.8. The molecule has 0 aromatic heterocycles. The van der Waals surface area contributed by atoms with Gasteiger partial charge < -0.3 is 15.0 Å². The number of hydrogen-bond donors (Lipinski definition) is 1. The van der Waals surface area contributed by atoms with E-state index in [1.807, 2.05) is 17.0 Å². The molecule has 134 valence electrons. The first-order valence-electron chi connectivity index (χ1n) is 8.96. The average molecular weight is 350 g/mol. The van der Waals surface area contributed by atoms with Gasteiger partial charge in [0.15, 0.2) is 0 Å². The van der Waals surface area contributed by atoms with Crippen LogP contribution in [-0.4, -0.2) is 30.4 Å². The van der Waals surface area contributed by atoms with E-state index in [1.165, 1.54) is 11.1 Å². The van der Waals surface area contributed by atoms with Gasteiger partial charge in [-0.3, -0.25) is 9.59 Å². The fourth-order valence-corrected chi connectivity index (χ4v) is 3.59. The van der Waals surface area contributed by atoms with Crippen LogP contribution in [0.1, 0.15) is 17.5 Å². The second-order valence-electron chi connectivity index (χ2n) is 6.94. The molecule has 5 nitrogen and oxygen atoms in total. The third-order valence-corrected chi connectivity index (χ3v) is 5.24. The molecular weight excluding hydrogens is 328 g/mol. The molecule has 2 aromatic rings. The smallest absolute Gasteiger partial charge is 0.228 e. The van der Waals surface area contributed by atoms with Gasteiger partial charge >= 0.3 is 0 Å². The fourth-order valence-electron chi connectivity index (χ4n) is 3.59. The average Bonchev–Trinajstić information content (AvgIpc) is 3.48. The van der Waals surface area contributed by atoms with Crippen LogP contribution in [0.4, 0.5) is 5.69 Å². The summed E-state index contributed by atoms with van der Waals surface area (Å²) in [5.74, 6) is 0.369. The summed E-state index contributed by atoms with van der Waals surface area (Å²) in [5, 5.41) is 2.89. The quantitative estimate of drug-likeness (QED) is 0.922. The minimum Gasteiger partial charge on any atom is -0.497 e. The number of benzene rings is 2. The lowest BCUT2D eigenvalue weighted by molar-refractivity contribution is -0.135. The third-order valence-electron chi connectivity index (χ3n) is 5.24. The molecule has 4 rings (SSSR count). The number of rotatable bonds is 4. The van der Waals surface area contributed by atoms with Crippen LogP contribution in [0, 0.1) is 11.8 Å². The topological polar surface area (TPSA) is 58.6 Å². The van der Waals surface area contributed by atoms with Gasteiger partial charge in [-0.15, -0.1) is 0 Å². The number of amides is 2. The predicted octanol–water partition coefficient (Wildman–Crippen LogP) is 2.85. The SMILES string of the molecule is COc1ccc(NC(=O)C2CC2C(=O)N2CCc3ccccc3C2)cc1. The van der Waals surface area contributed by atoms with Gasteiger partial charge in [0.2, 0.25) is 11.8 Å². The Morgan fingerprint density at radius 3 is 2.50 bits per heavy atom. The molecule has 2 atom stereocenters. The molecule has 1 aliphatic heterocycles. The van der Waals surface area contributed by atoms with Crippen molar-refractivity contribution in [1.29, 1.82) is 0 Å². The fraction of sp³-hybridized carbons (Fsp3) is 0.333. The highest BCUT2D eigenvalue weighted by Crippen LogP contribution is 2.41. The number of nitrogens with zero attached hydrogens (tertiary/aromatic N) is 1. The van der Waals surface area contributed by atoms with Gasteiger partial charge in [0.25, 0.3) is 0 Å². The van der Waals surface area contributed by atoms with Gasteiger partial charge in [0, 0.05) is 18.8 Å². The molecule has 2 amide bonds. The minimum absolute atomic E-state index is 0.0778. The van der Waals surface area contributed by atoms with Crippen LogP contribution >= 0.6 is 0 Å². The molecule has 0 radical (unpaired) electrons. The van der Waals surface area contributed by atoms with Gasteiger partial charge in [0.1, 0.15) is 5.75 Å². The van der Waals surface area contributed by atoms with Crippen LogP contribution in [0.25, 0.3) is 0 Å². The van der Waals surface area contributed by atoms with Gasteiger partial charge in [-0.25, -0.2) is 0 Å². The minimum atomic E-state index is -0.221. The number of nitrogens with one attached hydrogen (secondary N) is 1. The molecule has 2 aromatic carbocycles. The van der Waals surface area contributed by atoms with Crippen molar-refractivity contribution in [3.05, 3.63) is 59.7 Å². The van der Waals surface area contributed by atoms with Crippen molar-refractivity contribution in [3.8, 4) is 5.75 Å². The Balaban J connectivity index is 1.34. The Bertz CT molecular complexity index is 831. The summed E-state index contributed by atoms with van der Waals surface area (Å²) in [4.78, 5) is 27.1. The summed E-state index contributed by atoms with van der Waals surface area (Å²) in [6.45, 7) is 1.39. The normalized spacial score (nSPS) is 20.9. The van der Waals surface area contributed by atoms with Crippen molar-refractivity contribution < 1.29 is 14.3 Å². The zero-order valence-corrected chi connectivity index (χ0v) is 14.8. The predicted molar refractivity (Wildman–Crippen MR) is 98.8 cm³/mol. The van der Waals surface area contributed by atoms with Crippen molar-refractivity contribution in [2.75, 3.05) is 19.0 Å². The van der Waals surface area contributed by atoms with E-state index < -0.39 is 0 Å². The summed E-state index contributed by atoms with van der Waals surface area (Å²) in [5.41, 5.74) is 3.26. The van der Waals surface area contributed by atoms with Gasteiger partial charge in [-0.1, -0.05) is 24.3 Å². The van der Waals surface area contributed by atoms with Crippen LogP contribution in [0.2, 0.25) is 0 Å². The molecule has 1 N–H and O–H groups in total. The van der Waals surface area contributed by atoms with Crippen molar-refractivity contribution in [2.45, 2.75) is 19.4 Å². The molecule has 5 heteroatoms. The molecular formula is C21H22N2O3. The molecule has 1 fully saturated rings. The summed E-state index contributed by atoms with van der Waals surface area (Å²) < 4.78 is 5.11. The maximum Gasteiger partial charge on any atom is 0.228 e. The highest BCUT2D eigenvalue weighted by atomic mass is 16.5. The Morgan fingerprint density at radius 2 is 1.77 bits per heavy atom. The molecule has 1 aliphatic carbocycles. The molecule has 2 aliphatic rings. The van der Waals surface area contributed by atoms with Crippen LogP contribution in [-0.2, 0) is 22.6 Å². The number of fused-ring (bicyclic) bond motifs is 1. The Kier molecular flexibility index (Phi) is 4.37. The highest BCUT2D eigenvalue weighted by Gasteiger charge is 2.49. The van der Waals surface area contributed by atoms with E-state index in [4.69, 9.17) is 4.74 Å². The lowest BCUT2D eigenvalue weighted by Crippen LogP contribution is -2.37. The van der Waals surface area contributed by atoms with Gasteiger partial charge in [-0.05, 0) is 48.2 Å². The van der Waals surface area contributed by atoms with Gasteiger partial charge in [0.05, 0.1) is 18.9 Å². The molecule has 1 saturated carbocycles. The Labute approximate surface area is 153 Å². The summed E-state index contributed by atoms with van der Waals surface area (Å²) in [7, 11) is 1.60. The number of methoxy groups -OCH3 is 1. The monoisotopic (exact) mass is 350 g/mol. The molecule has 1 heterocycles. The largest absolute Gasteiger partial charge is 0.497 e. The van der Waals surface area contributed by atoms with E-state index in [0.717, 1.165) is 24.4 Å². The second-order valence-corrected chi connectivity index (χ2v) is 6.94. The van der Waals surface area contributed by atoms with E-state index in [1.54, 1.807) is 31.4 Å². The maximum absolute atomic E-state index is 12.8. The van der Waals surface area contributed by atoms with Crippen LogP contribution in [0.3, 0.4) is 0 Å². The van der Waals surface area contributed by atoms with E-state index >= 15 is 0 Å². The van der Waals surface area contributed by atoms with Gasteiger partial charge in [-0.2, -0.15) is 0 Å². The maximum atomic E-state index is 12.8. The first-order chi connectivity index (χ1) is 12.7. The van der Waals surface area contributed by atoms with Crippen LogP contribution in [0.5, 0.6) is 5.75 Å². The van der Waals surface area contributed by atoms with E-state index in [-0.39, 0.29) is 23.7 Å². The summed E-state index contributed by atoms with van der Waals surface area (Å²) in [6.07, 6.45) is 1.52. The number of carbonyl (C=O) groups is 2. The summed E-state index contributed by atoms with van der Waals surface area (Å²) >= 11 is 0. The first kappa shape index (κ1) is 16.6. The first-order valence-corrected chi connectivity index (χ1v) is 8.96. The standard InChI is InChI=1S/C21H22N2O3/c1-26-17-8-6-16(7-9-17)22-20(24)18-12-19(18)21(25)23-11-10-14-4-2-3-5-15(14)13-23/h2-9,18-19H,10-13H2,1H3,(H,22,24). The van der Waals surface area contributed by atoms with Crippen LogP contribution in [0.15, 0.2) is 48.5 Å². The van der Waals surface area contributed by atoms with E-state index in [0.29, 0.717) is 13.0 Å². The second kappa shape index (κ2) is 6.83. The number of carbonyl (C=O) groups excluding carboxylic acids is 2. The molecule has 26 heavy (non-hydrogen) atoms. The lowest BCUT2D eigenvalue weighted by atomic mass is 9.99. The molecule has 0 spiro atoms. The van der Waals surface area contributed by atoms with E-state index in [9.17, 15) is 9.59 Å². The van der Waals surface area contributed by atoms with Crippen LogP contribution < -0.4 is 10.1 Å².